The molecule has 1 aromatic carbocycles. The molecule has 2 aromatic rings. The van der Waals surface area contributed by atoms with Crippen LogP contribution in [-0.2, 0) is 0 Å². The van der Waals surface area contributed by atoms with E-state index >= 15 is 0 Å². The molecule has 0 amide bonds. The third-order valence-corrected chi connectivity index (χ3v) is 2.95. The van der Waals surface area contributed by atoms with Crippen molar-refractivity contribution in [2.24, 2.45) is 5.73 Å². The van der Waals surface area contributed by atoms with E-state index in [2.05, 4.69) is 4.98 Å². The van der Waals surface area contributed by atoms with E-state index in [4.69, 9.17) is 34.0 Å². The Kier molecular flexibility index (Phi) is 3.69. The highest BCUT2D eigenvalue weighted by Gasteiger charge is 2.13. The summed E-state index contributed by atoms with van der Waals surface area (Å²) in [5.41, 5.74) is 7.20. The maximum absolute atomic E-state index is 9.07. The number of imidazole rings is 1. The average molecular weight is 272 g/mol. The van der Waals surface area contributed by atoms with Gasteiger partial charge in [0.05, 0.1) is 41.6 Å². The maximum atomic E-state index is 9.07. The van der Waals surface area contributed by atoms with E-state index in [1.54, 1.807) is 35.3 Å². The summed E-state index contributed by atoms with van der Waals surface area (Å²) in [6.07, 6.45) is 3.20. The second kappa shape index (κ2) is 5.06. The molecule has 0 aliphatic carbocycles. The van der Waals surface area contributed by atoms with Crippen molar-refractivity contribution in [2.45, 2.75) is 6.04 Å². The van der Waals surface area contributed by atoms with Gasteiger partial charge in [-0.25, -0.2) is 4.98 Å². The molecular weight excluding hydrogens is 261 g/mol. The van der Waals surface area contributed by atoms with Crippen molar-refractivity contribution in [2.75, 3.05) is 6.61 Å². The molecule has 0 radical (unpaired) electrons. The molecule has 6 heteroatoms. The summed E-state index contributed by atoms with van der Waals surface area (Å²) in [5.74, 6) is 0. The van der Waals surface area contributed by atoms with Crippen LogP contribution in [0.2, 0.25) is 10.0 Å². The van der Waals surface area contributed by atoms with Crippen molar-refractivity contribution in [1.29, 1.82) is 0 Å². The van der Waals surface area contributed by atoms with E-state index in [-0.39, 0.29) is 6.61 Å². The molecule has 0 fully saturated rings. The van der Waals surface area contributed by atoms with Gasteiger partial charge in [-0.3, -0.25) is 0 Å². The summed E-state index contributed by atoms with van der Waals surface area (Å²) in [7, 11) is 0. The second-order valence-corrected chi connectivity index (χ2v) is 4.42. The van der Waals surface area contributed by atoms with Gasteiger partial charge in [-0.15, -0.1) is 0 Å². The van der Waals surface area contributed by atoms with Gasteiger partial charge in [0.25, 0.3) is 0 Å². The van der Waals surface area contributed by atoms with E-state index in [0.717, 1.165) is 5.69 Å². The molecule has 1 atom stereocenters. The van der Waals surface area contributed by atoms with Gasteiger partial charge in [-0.05, 0) is 18.2 Å². The third kappa shape index (κ3) is 2.45. The number of nitrogens with two attached hydrogens (primary N) is 1. The summed E-state index contributed by atoms with van der Waals surface area (Å²) >= 11 is 11.9. The molecule has 0 saturated heterocycles. The van der Waals surface area contributed by atoms with Gasteiger partial charge in [0.15, 0.2) is 0 Å². The molecule has 0 bridgehead atoms. The van der Waals surface area contributed by atoms with Crippen LogP contribution in [0.25, 0.3) is 5.69 Å². The number of hydrogen-bond acceptors (Lipinski definition) is 3. The second-order valence-electron chi connectivity index (χ2n) is 3.57. The van der Waals surface area contributed by atoms with Crippen LogP contribution in [0, 0.1) is 0 Å². The van der Waals surface area contributed by atoms with Gasteiger partial charge in [0.2, 0.25) is 0 Å². The van der Waals surface area contributed by atoms with Crippen LogP contribution in [0.15, 0.2) is 30.7 Å². The van der Waals surface area contributed by atoms with Crippen LogP contribution in [0.5, 0.6) is 0 Å². The standard InChI is InChI=1S/C11H11Cl2N3O/c12-7-1-2-10(8(13)3-7)16-6-15-4-11(16)9(14)5-17/h1-4,6,9,17H,5,14H2. The minimum absolute atomic E-state index is 0.156. The highest BCUT2D eigenvalue weighted by molar-refractivity contribution is 6.35. The Morgan fingerprint density at radius 3 is 2.82 bits per heavy atom. The SMILES string of the molecule is NC(CO)c1cncn1-c1ccc(Cl)cc1Cl. The quantitative estimate of drug-likeness (QED) is 0.900. The summed E-state index contributed by atoms with van der Waals surface area (Å²) in [4.78, 5) is 4.01. The maximum Gasteiger partial charge on any atom is 0.0995 e. The van der Waals surface area contributed by atoms with E-state index in [1.807, 2.05) is 0 Å². The van der Waals surface area contributed by atoms with Crippen molar-refractivity contribution < 1.29 is 5.11 Å². The molecular formula is C11H11Cl2N3O. The molecule has 1 heterocycles. The van der Waals surface area contributed by atoms with Gasteiger partial charge in [-0.2, -0.15) is 0 Å². The summed E-state index contributed by atoms with van der Waals surface area (Å²) < 4.78 is 1.74. The van der Waals surface area contributed by atoms with Gasteiger partial charge in [-0.1, -0.05) is 23.2 Å². The lowest BCUT2D eigenvalue weighted by Gasteiger charge is -2.13. The van der Waals surface area contributed by atoms with E-state index in [0.29, 0.717) is 15.7 Å². The molecule has 4 nitrogen and oxygen atoms in total. The lowest BCUT2D eigenvalue weighted by Crippen LogP contribution is -2.18. The predicted octanol–water partition coefficient (Wildman–Crippen LogP) is 2.17. The first-order valence-corrected chi connectivity index (χ1v) is 5.73. The minimum Gasteiger partial charge on any atom is -0.394 e. The lowest BCUT2D eigenvalue weighted by molar-refractivity contribution is 0.265. The predicted molar refractivity (Wildman–Crippen MR) is 67.6 cm³/mol. The fourth-order valence-corrected chi connectivity index (χ4v) is 2.05. The zero-order valence-corrected chi connectivity index (χ0v) is 10.4. The first-order valence-electron chi connectivity index (χ1n) is 4.97. The largest absolute Gasteiger partial charge is 0.394 e. The molecule has 1 aromatic heterocycles. The fourth-order valence-electron chi connectivity index (χ4n) is 1.55. The third-order valence-electron chi connectivity index (χ3n) is 2.41. The Morgan fingerprint density at radius 1 is 1.41 bits per heavy atom. The van der Waals surface area contributed by atoms with Gasteiger partial charge < -0.3 is 15.4 Å². The van der Waals surface area contributed by atoms with Crippen LogP contribution in [0.3, 0.4) is 0 Å². The average Bonchev–Trinajstić information content (AvgIpc) is 2.77. The topological polar surface area (TPSA) is 64.1 Å². The Bertz CT molecular complexity index is 527. The van der Waals surface area contributed by atoms with Crippen LogP contribution in [0.1, 0.15) is 11.7 Å². The van der Waals surface area contributed by atoms with Crippen molar-refractivity contribution in [3.05, 3.63) is 46.5 Å². The number of benzene rings is 1. The van der Waals surface area contributed by atoms with Gasteiger partial charge in [0, 0.05) is 5.02 Å². The monoisotopic (exact) mass is 271 g/mol. The van der Waals surface area contributed by atoms with Crippen LogP contribution in [-0.4, -0.2) is 21.3 Å². The minimum atomic E-state index is -0.496. The summed E-state index contributed by atoms with van der Waals surface area (Å²) in [5, 5.41) is 10.1. The zero-order valence-electron chi connectivity index (χ0n) is 8.85. The molecule has 2 rings (SSSR count). The number of rotatable bonds is 3. The zero-order chi connectivity index (χ0) is 12.4. The number of nitrogens with zero attached hydrogens (tertiary/aromatic N) is 2. The Labute approximate surface area is 109 Å². The smallest absolute Gasteiger partial charge is 0.0995 e. The fraction of sp³-hybridized carbons (Fsp3) is 0.182. The molecule has 0 spiro atoms. The van der Waals surface area contributed by atoms with Gasteiger partial charge in [0.1, 0.15) is 0 Å². The van der Waals surface area contributed by atoms with E-state index in [9.17, 15) is 0 Å². The number of halogens is 2. The van der Waals surface area contributed by atoms with Crippen molar-refractivity contribution in [1.82, 2.24) is 9.55 Å². The summed E-state index contributed by atoms with van der Waals surface area (Å²) in [6, 6.07) is 4.66. The molecule has 0 aliphatic heterocycles. The highest BCUT2D eigenvalue weighted by Crippen LogP contribution is 2.26. The molecule has 0 saturated carbocycles. The van der Waals surface area contributed by atoms with E-state index < -0.39 is 6.04 Å². The van der Waals surface area contributed by atoms with Crippen LogP contribution in [0.4, 0.5) is 0 Å². The lowest BCUT2D eigenvalue weighted by atomic mass is 10.2. The Hall–Kier alpha value is -1.07. The Balaban J connectivity index is 2.50. The number of aliphatic hydroxyl groups excluding tert-OH is 1. The first kappa shape index (κ1) is 12.4. The van der Waals surface area contributed by atoms with E-state index in [1.165, 1.54) is 0 Å². The van der Waals surface area contributed by atoms with Crippen molar-refractivity contribution in [3.8, 4) is 5.69 Å². The first-order chi connectivity index (χ1) is 8.13. The summed E-state index contributed by atoms with van der Waals surface area (Å²) in [6.45, 7) is -0.156. The van der Waals surface area contributed by atoms with Crippen molar-refractivity contribution >= 4 is 23.2 Å². The molecule has 1 unspecified atom stereocenters. The highest BCUT2D eigenvalue weighted by atomic mass is 35.5. The molecule has 90 valence electrons. The Morgan fingerprint density at radius 2 is 2.18 bits per heavy atom. The molecule has 17 heavy (non-hydrogen) atoms. The molecule has 0 aliphatic rings. The van der Waals surface area contributed by atoms with Gasteiger partial charge >= 0.3 is 0 Å². The van der Waals surface area contributed by atoms with Crippen LogP contribution >= 0.6 is 23.2 Å². The van der Waals surface area contributed by atoms with Crippen LogP contribution < -0.4 is 5.73 Å². The van der Waals surface area contributed by atoms with Crippen molar-refractivity contribution in [3.63, 3.8) is 0 Å². The molecule has 3 N–H and O–H groups in total. The number of aliphatic hydroxyl groups is 1. The number of hydrogen-bond donors (Lipinski definition) is 2. The number of aromatic nitrogens is 2. The normalized spacial score (nSPS) is 12.7.